The third-order valence-electron chi connectivity index (χ3n) is 7.80. The van der Waals surface area contributed by atoms with Gasteiger partial charge in [-0.3, -0.25) is 0 Å². The summed E-state index contributed by atoms with van der Waals surface area (Å²) >= 11 is 0. The fourth-order valence-electron chi connectivity index (χ4n) is 6.04. The van der Waals surface area contributed by atoms with E-state index in [2.05, 4.69) is 38.7 Å². The minimum atomic E-state index is -0.554. The van der Waals surface area contributed by atoms with Gasteiger partial charge in [0.2, 0.25) is 0 Å². The maximum absolute atomic E-state index is 10.1. The number of aliphatic hydroxyl groups excluding tert-OH is 1. The summed E-state index contributed by atoms with van der Waals surface area (Å²) in [4.78, 5) is 0. The third-order valence-corrected chi connectivity index (χ3v) is 7.80. The Balaban J connectivity index is 1.70. The van der Waals surface area contributed by atoms with Crippen LogP contribution in [0.1, 0.15) is 91.9 Å². The SMILES string of the molecule is C=C1/C(=C\C=C2/CCCC3(C)C([C@H](C)CCCC(C)(C)O)=CCC23)CCCC1O. The van der Waals surface area contributed by atoms with E-state index in [-0.39, 0.29) is 6.10 Å². The third kappa shape index (κ3) is 5.14. The lowest BCUT2D eigenvalue weighted by Crippen LogP contribution is -2.32. The fourth-order valence-corrected chi connectivity index (χ4v) is 6.04. The van der Waals surface area contributed by atoms with Crippen LogP contribution in [0.2, 0.25) is 0 Å². The smallest absolute Gasteiger partial charge is 0.0787 e. The van der Waals surface area contributed by atoms with Gasteiger partial charge in [-0.2, -0.15) is 0 Å². The fraction of sp³-hybridized carbons (Fsp3) is 0.704. The van der Waals surface area contributed by atoms with Crippen LogP contribution < -0.4 is 0 Å². The van der Waals surface area contributed by atoms with Crippen LogP contribution in [-0.4, -0.2) is 21.9 Å². The maximum atomic E-state index is 10.1. The molecule has 2 saturated carbocycles. The molecule has 0 aliphatic heterocycles. The van der Waals surface area contributed by atoms with Crippen molar-refractivity contribution in [2.75, 3.05) is 0 Å². The van der Waals surface area contributed by atoms with Crippen molar-refractivity contribution >= 4 is 0 Å². The average Bonchev–Trinajstić information content (AvgIpc) is 2.99. The molecule has 2 nitrogen and oxygen atoms in total. The Morgan fingerprint density at radius 1 is 1.28 bits per heavy atom. The summed E-state index contributed by atoms with van der Waals surface area (Å²) in [6, 6.07) is 0. The Labute approximate surface area is 178 Å². The predicted molar refractivity (Wildman–Crippen MR) is 123 cm³/mol. The molecule has 162 valence electrons. The second kappa shape index (κ2) is 8.94. The zero-order chi connectivity index (χ0) is 21.2. The van der Waals surface area contributed by atoms with Gasteiger partial charge in [-0.05, 0) is 100 Å². The summed E-state index contributed by atoms with van der Waals surface area (Å²) in [6.45, 7) is 12.8. The zero-order valence-electron chi connectivity index (χ0n) is 19.1. The molecule has 3 aliphatic carbocycles. The van der Waals surface area contributed by atoms with E-state index >= 15 is 0 Å². The Morgan fingerprint density at radius 3 is 2.76 bits per heavy atom. The van der Waals surface area contributed by atoms with E-state index in [0.29, 0.717) is 17.3 Å². The Bertz CT molecular complexity index is 703. The van der Waals surface area contributed by atoms with Gasteiger partial charge in [-0.15, -0.1) is 0 Å². The van der Waals surface area contributed by atoms with E-state index < -0.39 is 5.60 Å². The molecule has 0 amide bonds. The molecule has 4 atom stereocenters. The number of hydrogen-bond acceptors (Lipinski definition) is 2. The molecule has 2 N–H and O–H groups in total. The maximum Gasteiger partial charge on any atom is 0.0787 e. The number of hydrogen-bond donors (Lipinski definition) is 2. The molecular weight excluding hydrogens is 356 g/mol. The summed E-state index contributed by atoms with van der Waals surface area (Å²) in [5.74, 6) is 1.22. The Morgan fingerprint density at radius 2 is 2.03 bits per heavy atom. The van der Waals surface area contributed by atoms with Crippen LogP contribution in [0.25, 0.3) is 0 Å². The zero-order valence-corrected chi connectivity index (χ0v) is 19.1. The Kier molecular flexibility index (Phi) is 6.95. The quantitative estimate of drug-likeness (QED) is 0.491. The minimum Gasteiger partial charge on any atom is -0.390 e. The lowest BCUT2D eigenvalue weighted by molar-refractivity contribution is 0.0670. The molecule has 0 bridgehead atoms. The first kappa shape index (κ1) is 22.6. The first-order valence-electron chi connectivity index (χ1n) is 11.8. The van der Waals surface area contributed by atoms with E-state index in [0.717, 1.165) is 37.7 Å². The highest BCUT2D eigenvalue weighted by molar-refractivity contribution is 5.39. The van der Waals surface area contributed by atoms with Crippen LogP contribution in [0.3, 0.4) is 0 Å². The molecule has 0 aromatic rings. The molecule has 3 rings (SSSR count). The molecular formula is C27H42O2. The van der Waals surface area contributed by atoms with Gasteiger partial charge in [-0.1, -0.05) is 56.2 Å². The molecule has 3 unspecified atom stereocenters. The molecule has 29 heavy (non-hydrogen) atoms. The molecule has 0 spiro atoms. The van der Waals surface area contributed by atoms with Crippen molar-refractivity contribution < 1.29 is 10.2 Å². The normalized spacial score (nSPS) is 34.4. The van der Waals surface area contributed by atoms with Crippen LogP contribution >= 0.6 is 0 Å². The van der Waals surface area contributed by atoms with E-state index in [4.69, 9.17) is 0 Å². The average molecular weight is 399 g/mol. The summed E-state index contributed by atoms with van der Waals surface area (Å²) in [6.07, 6.45) is 17.8. The van der Waals surface area contributed by atoms with Gasteiger partial charge >= 0.3 is 0 Å². The van der Waals surface area contributed by atoms with Crippen molar-refractivity contribution in [3.05, 3.63) is 47.1 Å². The van der Waals surface area contributed by atoms with Crippen molar-refractivity contribution in [2.45, 2.75) is 104 Å². The number of fused-ring (bicyclic) bond motifs is 1. The number of aliphatic hydroxyl groups is 2. The number of allylic oxidation sites excluding steroid dienone is 5. The number of rotatable bonds is 6. The molecule has 2 fully saturated rings. The summed E-state index contributed by atoms with van der Waals surface area (Å²) in [7, 11) is 0. The molecule has 0 heterocycles. The van der Waals surface area contributed by atoms with Crippen molar-refractivity contribution in [3.63, 3.8) is 0 Å². The van der Waals surface area contributed by atoms with Gasteiger partial charge < -0.3 is 10.2 Å². The van der Waals surface area contributed by atoms with E-state index in [9.17, 15) is 10.2 Å². The first-order valence-corrected chi connectivity index (χ1v) is 11.8. The monoisotopic (exact) mass is 398 g/mol. The lowest BCUT2D eigenvalue weighted by atomic mass is 9.62. The minimum absolute atomic E-state index is 0.291. The van der Waals surface area contributed by atoms with Crippen molar-refractivity contribution in [1.29, 1.82) is 0 Å². The van der Waals surface area contributed by atoms with E-state index in [1.54, 1.807) is 11.1 Å². The standard InChI is InChI=1S/C27H42O2/c1-19(9-7-17-26(3,4)29)23-15-16-24-22(11-8-18-27(23,24)5)14-13-21-10-6-12-25(28)20(21)2/h13-15,19,24-25,28-29H,2,6-12,16-18H2,1,3-5H3/b21-13-,22-14+/t19-,24?,25?,27?/m1/s1. The topological polar surface area (TPSA) is 40.5 Å². The van der Waals surface area contributed by atoms with Crippen LogP contribution in [0, 0.1) is 17.3 Å². The van der Waals surface area contributed by atoms with Gasteiger partial charge in [-0.25, -0.2) is 0 Å². The first-order chi connectivity index (χ1) is 13.6. The van der Waals surface area contributed by atoms with Gasteiger partial charge in [0.1, 0.15) is 0 Å². The molecule has 3 aliphatic rings. The highest BCUT2D eigenvalue weighted by Gasteiger charge is 2.45. The van der Waals surface area contributed by atoms with Gasteiger partial charge in [0.25, 0.3) is 0 Å². The molecule has 0 aromatic heterocycles. The second-order valence-electron chi connectivity index (χ2n) is 10.7. The van der Waals surface area contributed by atoms with Gasteiger partial charge in [0.15, 0.2) is 0 Å². The van der Waals surface area contributed by atoms with Crippen molar-refractivity contribution in [2.24, 2.45) is 17.3 Å². The molecule has 2 heteroatoms. The Hall–Kier alpha value is -1.12. The lowest BCUT2D eigenvalue weighted by Gasteiger charge is -2.42. The van der Waals surface area contributed by atoms with Crippen molar-refractivity contribution in [3.8, 4) is 0 Å². The second-order valence-corrected chi connectivity index (χ2v) is 10.7. The van der Waals surface area contributed by atoms with E-state index in [1.807, 2.05) is 13.8 Å². The van der Waals surface area contributed by atoms with Gasteiger partial charge in [0.05, 0.1) is 11.7 Å². The molecule has 0 saturated heterocycles. The van der Waals surface area contributed by atoms with Crippen LogP contribution in [0.15, 0.2) is 47.1 Å². The summed E-state index contributed by atoms with van der Waals surface area (Å²) in [5.41, 5.74) is 5.16. The highest BCUT2D eigenvalue weighted by atomic mass is 16.3. The summed E-state index contributed by atoms with van der Waals surface area (Å²) in [5, 5.41) is 20.1. The van der Waals surface area contributed by atoms with Crippen LogP contribution in [0.4, 0.5) is 0 Å². The van der Waals surface area contributed by atoms with Gasteiger partial charge in [0, 0.05) is 0 Å². The van der Waals surface area contributed by atoms with Crippen LogP contribution in [0.5, 0.6) is 0 Å². The van der Waals surface area contributed by atoms with E-state index in [1.165, 1.54) is 37.7 Å². The van der Waals surface area contributed by atoms with Crippen LogP contribution in [-0.2, 0) is 0 Å². The predicted octanol–water partition coefficient (Wildman–Crippen LogP) is 6.65. The molecule has 0 radical (unpaired) electrons. The highest BCUT2D eigenvalue weighted by Crippen LogP contribution is 2.57. The van der Waals surface area contributed by atoms with Crippen molar-refractivity contribution in [1.82, 2.24) is 0 Å². The largest absolute Gasteiger partial charge is 0.390 e. The molecule has 0 aromatic carbocycles. The summed E-state index contributed by atoms with van der Waals surface area (Å²) < 4.78 is 0.